The summed E-state index contributed by atoms with van der Waals surface area (Å²) in [6.45, 7) is -0.590. The van der Waals surface area contributed by atoms with Crippen LogP contribution < -0.4 is 0 Å². The van der Waals surface area contributed by atoms with Crippen molar-refractivity contribution in [2.75, 3.05) is 12.4 Å². The minimum atomic E-state index is -4.09. The fraction of sp³-hybridized carbons (Fsp3) is 0.111. The zero-order valence-electron chi connectivity index (χ0n) is 13.7. The number of benzene rings is 2. The average Bonchev–Trinajstić information content (AvgIpc) is 2.65. The van der Waals surface area contributed by atoms with Gasteiger partial charge in [0.2, 0.25) is 0 Å². The summed E-state index contributed by atoms with van der Waals surface area (Å²) >= 11 is 3.23. The van der Waals surface area contributed by atoms with Gasteiger partial charge in [0.05, 0.1) is 16.0 Å². The molecule has 9 heteroatoms. The van der Waals surface area contributed by atoms with E-state index in [1.807, 2.05) is 0 Å². The Balaban J connectivity index is 2.04. The van der Waals surface area contributed by atoms with E-state index in [1.54, 1.807) is 24.3 Å². The van der Waals surface area contributed by atoms with Crippen LogP contribution in [0.25, 0.3) is 0 Å². The lowest BCUT2D eigenvalue weighted by atomic mass is 10.1. The molecule has 0 radical (unpaired) electrons. The first kappa shape index (κ1) is 20.3. The maximum atomic E-state index is 12.3. The average molecular weight is 447 g/mol. The maximum absolute atomic E-state index is 12.3. The Hall–Kier alpha value is -3.01. The summed E-state index contributed by atoms with van der Waals surface area (Å²) in [5.74, 6) is -2.56. The zero-order valence-corrected chi connectivity index (χ0v) is 16.1. The topological polar surface area (TPSA) is 125 Å². The van der Waals surface area contributed by atoms with Crippen molar-refractivity contribution >= 4 is 37.5 Å². The van der Waals surface area contributed by atoms with E-state index in [2.05, 4.69) is 15.9 Å². The van der Waals surface area contributed by atoms with Gasteiger partial charge in [0.1, 0.15) is 12.1 Å². The first-order chi connectivity index (χ1) is 12.8. The van der Waals surface area contributed by atoms with Gasteiger partial charge in [-0.05, 0) is 30.3 Å². The number of esters is 1. The van der Waals surface area contributed by atoms with Crippen molar-refractivity contribution in [3.05, 3.63) is 63.6 Å². The highest BCUT2D eigenvalue weighted by Gasteiger charge is 2.22. The lowest BCUT2D eigenvalue weighted by molar-refractivity contribution is -0.139. The van der Waals surface area contributed by atoms with Crippen LogP contribution in [0.3, 0.4) is 0 Å². The van der Waals surface area contributed by atoms with Gasteiger partial charge in [-0.2, -0.15) is 10.5 Å². The quantitative estimate of drug-likeness (QED) is 0.492. The Labute approximate surface area is 163 Å². The SMILES string of the molecule is N#Cc1ccc(S(=O)(=O)CC(=O)OCC(=O)c2ccc(Br)cc2)cc1C#N. The number of hydrogen-bond donors (Lipinski definition) is 0. The molecule has 27 heavy (non-hydrogen) atoms. The number of carbonyl (C=O) groups excluding carboxylic acids is 2. The van der Waals surface area contributed by atoms with E-state index in [4.69, 9.17) is 15.3 Å². The predicted molar refractivity (Wildman–Crippen MR) is 97.4 cm³/mol. The molecule has 0 unspecified atom stereocenters. The molecule has 7 nitrogen and oxygen atoms in total. The van der Waals surface area contributed by atoms with Gasteiger partial charge in [-0.25, -0.2) is 8.42 Å². The number of rotatable bonds is 6. The molecule has 0 aliphatic rings. The Bertz CT molecular complexity index is 1080. The van der Waals surface area contributed by atoms with Crippen LogP contribution in [-0.2, 0) is 19.4 Å². The van der Waals surface area contributed by atoms with Crippen LogP contribution in [0.1, 0.15) is 21.5 Å². The third kappa shape index (κ3) is 5.23. The van der Waals surface area contributed by atoms with E-state index in [1.165, 1.54) is 18.2 Å². The van der Waals surface area contributed by atoms with Gasteiger partial charge in [-0.3, -0.25) is 9.59 Å². The molecule has 136 valence electrons. The van der Waals surface area contributed by atoms with Crippen molar-refractivity contribution in [2.24, 2.45) is 0 Å². The second-order valence-electron chi connectivity index (χ2n) is 5.28. The number of nitrogens with zero attached hydrogens (tertiary/aromatic N) is 2. The summed E-state index contributed by atoms with van der Waals surface area (Å²) in [5.41, 5.74) is 0.232. The maximum Gasteiger partial charge on any atom is 0.321 e. The predicted octanol–water partition coefficient (Wildman–Crippen LogP) is 2.39. The highest BCUT2D eigenvalue weighted by atomic mass is 79.9. The molecule has 0 fully saturated rings. The lowest BCUT2D eigenvalue weighted by Crippen LogP contribution is -2.22. The minimum Gasteiger partial charge on any atom is -0.457 e. The molecule has 0 saturated heterocycles. The number of nitriles is 2. The Kier molecular flexibility index (Phi) is 6.45. The van der Waals surface area contributed by atoms with Gasteiger partial charge >= 0.3 is 5.97 Å². The highest BCUT2D eigenvalue weighted by Crippen LogP contribution is 2.17. The van der Waals surface area contributed by atoms with Gasteiger partial charge < -0.3 is 4.74 Å². The monoisotopic (exact) mass is 446 g/mol. The minimum absolute atomic E-state index is 0.0270. The van der Waals surface area contributed by atoms with E-state index < -0.39 is 33.9 Å². The van der Waals surface area contributed by atoms with Crippen molar-refractivity contribution in [3.8, 4) is 12.1 Å². The summed E-state index contributed by atoms with van der Waals surface area (Å²) in [5, 5.41) is 17.8. The van der Waals surface area contributed by atoms with Crippen molar-refractivity contribution < 1.29 is 22.7 Å². The molecule has 0 bridgehead atoms. The van der Waals surface area contributed by atoms with E-state index >= 15 is 0 Å². The van der Waals surface area contributed by atoms with Crippen LogP contribution in [0, 0.1) is 22.7 Å². The largest absolute Gasteiger partial charge is 0.457 e. The Morgan fingerprint density at radius 1 is 1.00 bits per heavy atom. The summed E-state index contributed by atoms with van der Waals surface area (Å²) in [4.78, 5) is 23.5. The van der Waals surface area contributed by atoms with Crippen molar-refractivity contribution in [3.63, 3.8) is 0 Å². The second-order valence-corrected chi connectivity index (χ2v) is 8.19. The van der Waals surface area contributed by atoms with Crippen LogP contribution in [0.5, 0.6) is 0 Å². The Morgan fingerprint density at radius 3 is 2.22 bits per heavy atom. The van der Waals surface area contributed by atoms with Gasteiger partial charge in [0, 0.05) is 10.0 Å². The molecule has 0 N–H and O–H groups in total. The molecule has 2 aromatic carbocycles. The fourth-order valence-electron chi connectivity index (χ4n) is 2.05. The van der Waals surface area contributed by atoms with Gasteiger partial charge in [-0.1, -0.05) is 28.1 Å². The first-order valence-electron chi connectivity index (χ1n) is 7.38. The molecule has 0 aliphatic heterocycles. The fourth-order valence-corrected chi connectivity index (χ4v) is 3.45. The standard InChI is InChI=1S/C18H11BrN2O5S/c19-15-4-1-12(2-5-15)17(22)10-26-18(23)11-27(24,25)16-6-3-13(8-20)14(7-16)9-21/h1-7H,10-11H2. The van der Waals surface area contributed by atoms with Gasteiger partial charge in [-0.15, -0.1) is 0 Å². The van der Waals surface area contributed by atoms with Crippen LogP contribution in [0.4, 0.5) is 0 Å². The molecule has 0 atom stereocenters. The molecule has 0 heterocycles. The molecule has 0 aromatic heterocycles. The third-order valence-electron chi connectivity index (χ3n) is 3.43. The first-order valence-corrected chi connectivity index (χ1v) is 9.83. The highest BCUT2D eigenvalue weighted by molar-refractivity contribution is 9.10. The van der Waals surface area contributed by atoms with Gasteiger partial charge in [0.15, 0.2) is 28.0 Å². The van der Waals surface area contributed by atoms with Crippen LogP contribution in [-0.4, -0.2) is 32.5 Å². The van der Waals surface area contributed by atoms with E-state index in [-0.39, 0.29) is 16.0 Å². The summed E-state index contributed by atoms with van der Waals surface area (Å²) in [7, 11) is -4.09. The van der Waals surface area contributed by atoms with Crippen molar-refractivity contribution in [1.29, 1.82) is 10.5 Å². The smallest absolute Gasteiger partial charge is 0.321 e. The second kappa shape index (κ2) is 8.58. The number of carbonyl (C=O) groups is 2. The number of ether oxygens (including phenoxy) is 1. The summed E-state index contributed by atoms with van der Waals surface area (Å²) in [6.07, 6.45) is 0. The molecular weight excluding hydrogens is 436 g/mol. The summed E-state index contributed by atoms with van der Waals surface area (Å²) in [6, 6.07) is 13.2. The number of halogens is 1. The zero-order chi connectivity index (χ0) is 20.0. The van der Waals surface area contributed by atoms with Gasteiger partial charge in [0.25, 0.3) is 0 Å². The van der Waals surface area contributed by atoms with E-state index in [0.717, 1.165) is 16.6 Å². The molecular formula is C18H11BrN2O5S. The Morgan fingerprint density at radius 2 is 1.63 bits per heavy atom. The molecule has 2 aromatic rings. The lowest BCUT2D eigenvalue weighted by Gasteiger charge is -2.07. The van der Waals surface area contributed by atoms with Crippen molar-refractivity contribution in [2.45, 2.75) is 4.90 Å². The normalized spacial score (nSPS) is 10.5. The van der Waals surface area contributed by atoms with Crippen molar-refractivity contribution in [1.82, 2.24) is 0 Å². The number of ketones is 1. The number of sulfone groups is 1. The van der Waals surface area contributed by atoms with E-state index in [0.29, 0.717) is 5.56 Å². The summed E-state index contributed by atoms with van der Waals surface area (Å²) < 4.78 is 30.1. The van der Waals surface area contributed by atoms with Crippen LogP contribution >= 0.6 is 15.9 Å². The molecule has 2 rings (SSSR count). The molecule has 0 saturated carbocycles. The number of hydrogen-bond acceptors (Lipinski definition) is 7. The number of Topliss-reactive ketones (excluding diaryl/α,β-unsaturated/α-hetero) is 1. The molecule has 0 spiro atoms. The van der Waals surface area contributed by atoms with Crippen LogP contribution in [0.2, 0.25) is 0 Å². The van der Waals surface area contributed by atoms with Crippen LogP contribution in [0.15, 0.2) is 51.8 Å². The van der Waals surface area contributed by atoms with E-state index in [9.17, 15) is 18.0 Å². The molecule has 0 aliphatic carbocycles. The molecule has 0 amide bonds. The third-order valence-corrected chi connectivity index (χ3v) is 5.55.